The molecule has 4 nitrogen and oxygen atoms in total. The smallest absolute Gasteiger partial charge is 0.309 e. The zero-order chi connectivity index (χ0) is 15.7. The summed E-state index contributed by atoms with van der Waals surface area (Å²) in [4.78, 5) is 24.9. The van der Waals surface area contributed by atoms with Gasteiger partial charge < -0.3 is 10.0 Å². The van der Waals surface area contributed by atoms with E-state index < -0.39 is 24.4 Å². The number of aliphatic carboxylic acids is 1. The van der Waals surface area contributed by atoms with Gasteiger partial charge in [0, 0.05) is 18.0 Å². The van der Waals surface area contributed by atoms with E-state index in [4.69, 9.17) is 0 Å². The normalized spacial score (nSPS) is 22.4. The maximum atomic E-state index is 12.8. The van der Waals surface area contributed by atoms with Crippen LogP contribution in [0.25, 0.3) is 0 Å². The molecule has 0 bridgehead atoms. The molecule has 1 aromatic rings. The minimum Gasteiger partial charge on any atom is -0.481 e. The summed E-state index contributed by atoms with van der Waals surface area (Å²) < 4.78 is 25.7. The van der Waals surface area contributed by atoms with Gasteiger partial charge in [-0.15, -0.1) is 0 Å². The van der Waals surface area contributed by atoms with Crippen molar-refractivity contribution in [1.29, 1.82) is 0 Å². The zero-order valence-electron chi connectivity index (χ0n) is 11.8. The van der Waals surface area contributed by atoms with Crippen molar-refractivity contribution >= 4 is 11.9 Å². The van der Waals surface area contributed by atoms with Crippen molar-refractivity contribution in [2.45, 2.75) is 38.8 Å². The summed E-state index contributed by atoms with van der Waals surface area (Å²) in [7, 11) is 0. The Morgan fingerprint density at radius 1 is 1.38 bits per heavy atom. The highest BCUT2D eigenvalue weighted by Crippen LogP contribution is 2.40. The third-order valence-electron chi connectivity index (χ3n) is 3.74. The van der Waals surface area contributed by atoms with E-state index in [-0.39, 0.29) is 23.9 Å². The van der Waals surface area contributed by atoms with Crippen molar-refractivity contribution in [3.8, 4) is 0 Å². The summed E-state index contributed by atoms with van der Waals surface area (Å²) in [6.45, 7) is 3.57. The predicted molar refractivity (Wildman–Crippen MR) is 71.9 cm³/mol. The Balaban J connectivity index is 2.47. The van der Waals surface area contributed by atoms with Gasteiger partial charge in [-0.05, 0) is 25.5 Å². The maximum Gasteiger partial charge on any atom is 0.309 e. The highest BCUT2D eigenvalue weighted by Gasteiger charge is 2.45. The number of carbonyl (C=O) groups excluding carboxylic acids is 1. The van der Waals surface area contributed by atoms with Gasteiger partial charge >= 0.3 is 5.97 Å². The first-order valence-electron chi connectivity index (χ1n) is 6.75. The summed E-state index contributed by atoms with van der Waals surface area (Å²) in [6.07, 6.45) is -2.73. The molecule has 0 aliphatic carbocycles. The van der Waals surface area contributed by atoms with Gasteiger partial charge in [0.05, 0.1) is 12.0 Å². The molecule has 1 aromatic carbocycles. The lowest BCUT2D eigenvalue weighted by Gasteiger charge is -2.31. The first-order chi connectivity index (χ1) is 9.82. The van der Waals surface area contributed by atoms with Crippen LogP contribution >= 0.6 is 0 Å². The molecule has 0 spiro atoms. The van der Waals surface area contributed by atoms with Crippen LogP contribution in [0.15, 0.2) is 24.3 Å². The number of benzene rings is 1. The largest absolute Gasteiger partial charge is 0.481 e. The molecule has 2 atom stereocenters. The lowest BCUT2D eigenvalue weighted by atomic mass is 9.92. The van der Waals surface area contributed by atoms with Crippen LogP contribution in [0.1, 0.15) is 43.9 Å². The Kier molecular flexibility index (Phi) is 4.25. The van der Waals surface area contributed by atoms with Crippen molar-refractivity contribution in [2.24, 2.45) is 5.92 Å². The van der Waals surface area contributed by atoms with Crippen LogP contribution in [0.2, 0.25) is 0 Å². The predicted octanol–water partition coefficient (Wildman–Crippen LogP) is 3.01. The summed E-state index contributed by atoms with van der Waals surface area (Å²) in [6, 6.07) is 4.76. The van der Waals surface area contributed by atoms with E-state index >= 15 is 0 Å². The molecule has 2 unspecified atom stereocenters. The standard InChI is InChI=1S/C15H17F2NO3/c1-8(2)18-12(19)7-11(15(20)21)13(18)9-4-3-5-10(6-9)14(16)17/h3-6,8,11,13-14H,7H2,1-2H3,(H,20,21). The molecular weight excluding hydrogens is 280 g/mol. The number of hydrogen-bond donors (Lipinski definition) is 1. The quantitative estimate of drug-likeness (QED) is 0.929. The van der Waals surface area contributed by atoms with Gasteiger partial charge in [0.15, 0.2) is 0 Å². The minimum absolute atomic E-state index is 0.100. The van der Waals surface area contributed by atoms with Crippen LogP contribution < -0.4 is 0 Å². The maximum absolute atomic E-state index is 12.8. The molecule has 2 rings (SSSR count). The number of rotatable bonds is 4. The number of carboxylic acid groups (broad SMARTS) is 1. The summed E-state index contributed by atoms with van der Waals surface area (Å²) in [5, 5.41) is 9.31. The monoisotopic (exact) mass is 297 g/mol. The van der Waals surface area contributed by atoms with Crippen LogP contribution in [0, 0.1) is 5.92 Å². The molecule has 0 saturated carbocycles. The first kappa shape index (κ1) is 15.4. The molecular formula is C15H17F2NO3. The summed E-state index contributed by atoms with van der Waals surface area (Å²) >= 11 is 0. The third-order valence-corrected chi connectivity index (χ3v) is 3.74. The molecule has 1 aliphatic rings. The lowest BCUT2D eigenvalue weighted by molar-refractivity contribution is -0.142. The number of likely N-dealkylation sites (tertiary alicyclic amines) is 1. The third kappa shape index (κ3) is 2.89. The minimum atomic E-state index is -2.63. The summed E-state index contributed by atoms with van der Waals surface area (Å²) in [5.41, 5.74) is 0.277. The topological polar surface area (TPSA) is 57.6 Å². The molecule has 21 heavy (non-hydrogen) atoms. The second-order valence-corrected chi connectivity index (χ2v) is 5.46. The van der Waals surface area contributed by atoms with Gasteiger partial charge in [-0.25, -0.2) is 8.78 Å². The summed E-state index contributed by atoms with van der Waals surface area (Å²) in [5.74, 6) is -2.25. The van der Waals surface area contributed by atoms with E-state index in [0.29, 0.717) is 5.56 Å². The van der Waals surface area contributed by atoms with Crippen LogP contribution in [0.3, 0.4) is 0 Å². The van der Waals surface area contributed by atoms with Crippen molar-refractivity contribution in [3.63, 3.8) is 0 Å². The molecule has 114 valence electrons. The first-order valence-corrected chi connectivity index (χ1v) is 6.75. The number of halogens is 2. The van der Waals surface area contributed by atoms with Gasteiger partial charge in [0.1, 0.15) is 0 Å². The molecule has 1 heterocycles. The molecule has 1 saturated heterocycles. The zero-order valence-corrected chi connectivity index (χ0v) is 11.8. The molecule has 1 N–H and O–H groups in total. The van der Waals surface area contributed by atoms with Gasteiger partial charge in [0.2, 0.25) is 5.91 Å². The Morgan fingerprint density at radius 3 is 2.57 bits per heavy atom. The molecule has 0 aromatic heterocycles. The van der Waals surface area contributed by atoms with Crippen molar-refractivity contribution < 1.29 is 23.5 Å². The van der Waals surface area contributed by atoms with Crippen molar-refractivity contribution in [3.05, 3.63) is 35.4 Å². The van der Waals surface area contributed by atoms with Gasteiger partial charge in [-0.2, -0.15) is 0 Å². The molecule has 0 radical (unpaired) electrons. The Bertz CT molecular complexity index is 560. The fourth-order valence-electron chi connectivity index (χ4n) is 2.86. The van der Waals surface area contributed by atoms with E-state index in [1.54, 1.807) is 19.9 Å². The van der Waals surface area contributed by atoms with E-state index in [1.807, 2.05) is 0 Å². The van der Waals surface area contributed by atoms with Gasteiger partial charge in [0.25, 0.3) is 6.43 Å². The lowest BCUT2D eigenvalue weighted by Crippen LogP contribution is -2.36. The second-order valence-electron chi connectivity index (χ2n) is 5.46. The van der Waals surface area contributed by atoms with Crippen LogP contribution in [-0.2, 0) is 9.59 Å². The molecule has 6 heteroatoms. The Morgan fingerprint density at radius 2 is 2.05 bits per heavy atom. The van der Waals surface area contributed by atoms with Gasteiger partial charge in [-0.3, -0.25) is 9.59 Å². The van der Waals surface area contributed by atoms with Gasteiger partial charge in [-0.1, -0.05) is 18.2 Å². The number of amides is 1. The number of carbonyl (C=O) groups is 2. The number of hydrogen-bond acceptors (Lipinski definition) is 2. The highest BCUT2D eigenvalue weighted by atomic mass is 19.3. The molecule has 1 aliphatic heterocycles. The van der Waals surface area contributed by atoms with Crippen LogP contribution in [0.4, 0.5) is 8.78 Å². The van der Waals surface area contributed by atoms with Crippen molar-refractivity contribution in [1.82, 2.24) is 4.90 Å². The number of carboxylic acids is 1. The van der Waals surface area contributed by atoms with E-state index in [2.05, 4.69) is 0 Å². The molecule has 1 fully saturated rings. The van der Waals surface area contributed by atoms with Crippen molar-refractivity contribution in [2.75, 3.05) is 0 Å². The fourth-order valence-corrected chi connectivity index (χ4v) is 2.86. The Hall–Kier alpha value is -1.98. The average Bonchev–Trinajstić information content (AvgIpc) is 2.76. The van der Waals surface area contributed by atoms with Crippen LogP contribution in [-0.4, -0.2) is 27.9 Å². The second kappa shape index (κ2) is 5.79. The number of nitrogens with zero attached hydrogens (tertiary/aromatic N) is 1. The van der Waals surface area contributed by atoms with E-state index in [9.17, 15) is 23.5 Å². The van der Waals surface area contributed by atoms with E-state index in [1.165, 1.54) is 23.1 Å². The Labute approximate surface area is 121 Å². The van der Waals surface area contributed by atoms with Crippen LogP contribution in [0.5, 0.6) is 0 Å². The molecule has 1 amide bonds. The van der Waals surface area contributed by atoms with E-state index in [0.717, 1.165) is 0 Å². The average molecular weight is 297 g/mol. The number of alkyl halides is 2. The SMILES string of the molecule is CC(C)N1C(=O)CC(C(=O)O)C1c1cccc(C(F)F)c1. The fraction of sp³-hybridized carbons (Fsp3) is 0.467. The highest BCUT2D eigenvalue weighted by molar-refractivity contribution is 5.87.